The lowest BCUT2D eigenvalue weighted by Crippen LogP contribution is -2.51. The number of hydrogen-bond donors (Lipinski definition) is 11. The molecule has 0 aliphatic carbocycles. The van der Waals surface area contributed by atoms with Crippen molar-refractivity contribution in [1.82, 2.24) is 88.1 Å². The highest BCUT2D eigenvalue weighted by Gasteiger charge is 2.33. The van der Waals surface area contributed by atoms with Crippen LogP contribution in [0.3, 0.4) is 0 Å². The maximum Gasteiger partial charge on any atom is 0.433 e. The average Bonchev–Trinajstić information content (AvgIpc) is 1.38. The summed E-state index contributed by atoms with van der Waals surface area (Å²) in [6, 6.07) is 39.6. The molecule has 5 aromatic carbocycles. The molecule has 12 saturated heterocycles. The highest BCUT2D eigenvalue weighted by Crippen LogP contribution is 2.31. The van der Waals surface area contributed by atoms with E-state index in [0.717, 1.165) is 262 Å². The molecule has 760 valence electrons. The number of amides is 2. The Morgan fingerprint density at radius 2 is 1.07 bits per heavy atom. The number of likely N-dealkylation sites (tertiary alicyclic amines) is 1. The molecule has 0 saturated carbocycles. The maximum absolute atomic E-state index is 12.8. The van der Waals surface area contributed by atoms with Gasteiger partial charge in [-0.15, -0.1) is 0 Å². The van der Waals surface area contributed by atoms with Crippen LogP contribution in [-0.2, 0) is 25.6 Å². The molecule has 0 radical (unpaired) electrons. The number of carbonyl (C=O) groups excluding carboxylic acids is 2. The van der Waals surface area contributed by atoms with E-state index >= 15 is 0 Å². The van der Waals surface area contributed by atoms with E-state index in [0.29, 0.717) is 35.7 Å². The standard InChI is InChI=1S/C13H20N2.C12H16ClNO.C11H15ClN2.C11H14FNO.C10H12F3N3.C10H12FN.C9H18N2.C8H12N4.C7H14N2O.C6H13NO2S.C5H10N2O/c1-11-3-5-13(6-4-11)12(2)15-9-7-14-8-10-15;1-9-4-5-12(11(13)7-9)15-10-3-2-6-14-8-10;1-9-6-10(12)8-11(7-9)14-4-2-13-3-5-14;12-9-2-1-3-11(8-9)14-10-4-6-13-7-5-10;11-10(12,13)8-2-1-3-9(15-8)16-6-4-14-5-7-16;11-9-4-3-5-10(8-9)12-6-1-2-7-12;1-2-7-11(6-1)8-9-4-3-5-10-9;1-2-11-8(7-10-1)12-5-3-9-4-6-12;1-7(10)9-5-2-3-8-4-6-9;1-10(8,9)6-2-4-7-5-3-6;1-4-5(8)7-3-2-6-4/h3-6,12,14H,7-10H2,1-2H3;4-5,7,10,14H,2-3,6,8H2,1H3;6-8,13H,2-5H2,1H3;1-3,8,10,13H,4-7H2;1-3,14H,4-7H2;3-5,8H,1-2,6-7H2;9-10H,1-8H2;1-2,7,9H,3-6H2;8H,2-6H2,1H3;6-7H,2-5H2,1H3;4,6H,2-3H2,1H3,(H,7,8). The smallest absolute Gasteiger partial charge is 0.433 e. The number of piperidine rings is 3. The number of rotatable bonds is 13. The van der Waals surface area contributed by atoms with E-state index < -0.39 is 21.7 Å². The molecular weight excluding hydrogens is 1810 g/mol. The van der Waals surface area contributed by atoms with E-state index in [2.05, 4.69) is 149 Å². The molecule has 12 fully saturated rings. The van der Waals surface area contributed by atoms with Gasteiger partial charge in [-0.2, -0.15) is 13.2 Å². The third-order valence-electron chi connectivity index (χ3n) is 25.3. The molecule has 4 unspecified atom stereocenters. The van der Waals surface area contributed by atoms with Crippen molar-refractivity contribution in [3.63, 3.8) is 0 Å². The first kappa shape index (κ1) is 112. The number of pyridine rings is 1. The van der Waals surface area contributed by atoms with Crippen LogP contribution in [0.1, 0.15) is 138 Å². The predicted octanol–water partition coefficient (Wildman–Crippen LogP) is 12.1. The zero-order chi connectivity index (χ0) is 97.8. The molecule has 14 heterocycles. The summed E-state index contributed by atoms with van der Waals surface area (Å²) in [5.41, 5.74) is 6.60. The molecule has 12 aliphatic heterocycles. The molecule has 12 aliphatic rings. The largest absolute Gasteiger partial charge is 0.490 e. The van der Waals surface area contributed by atoms with E-state index in [4.69, 9.17) is 32.7 Å². The fourth-order valence-electron chi connectivity index (χ4n) is 17.3. The van der Waals surface area contributed by atoms with Crippen LogP contribution in [0.2, 0.25) is 10.0 Å². The predicted molar refractivity (Wildman–Crippen MR) is 548 cm³/mol. The minimum atomic E-state index is -4.37. The lowest BCUT2D eigenvalue weighted by Gasteiger charge is -2.33. The zero-order valence-corrected chi connectivity index (χ0v) is 84.4. The Bertz CT molecular complexity index is 4570. The molecule has 35 heteroatoms. The quantitative estimate of drug-likeness (QED) is 0.0479. The summed E-state index contributed by atoms with van der Waals surface area (Å²) >= 11 is 12.1. The Morgan fingerprint density at radius 1 is 0.504 bits per heavy atom. The normalized spacial score (nSPS) is 20.8. The van der Waals surface area contributed by atoms with Gasteiger partial charge in [0.1, 0.15) is 62.5 Å². The molecule has 137 heavy (non-hydrogen) atoms. The highest BCUT2D eigenvalue weighted by atomic mass is 35.5. The van der Waals surface area contributed by atoms with E-state index in [9.17, 15) is 40.0 Å². The molecule has 11 N–H and O–H groups in total. The van der Waals surface area contributed by atoms with Crippen LogP contribution in [-0.4, -0.2) is 308 Å². The minimum absolute atomic E-state index is 0.00347. The van der Waals surface area contributed by atoms with Gasteiger partial charge in [-0.25, -0.2) is 27.2 Å². The molecule has 2 aromatic heterocycles. The molecule has 27 nitrogen and oxygen atoms in total. The van der Waals surface area contributed by atoms with Crippen molar-refractivity contribution in [1.29, 1.82) is 0 Å². The number of nitrogens with zero attached hydrogens (tertiary/aromatic N) is 10. The SMILES string of the molecule is C1CNC(CN2CCCC2)C1.CC(=O)N1CCCNCC1.CC1NCCNC1=O.CS(=O)(=O)C1CCNCC1.Cc1cc(Cl)cc(N2CCNCC2)c1.Cc1ccc(C(C)N2CCNCC2)cc1.Cc1ccc(OC2CCCNC2)c(Cl)c1.FC(F)(F)c1cccc(N2CCNCC2)n1.Fc1cccc(N2CCCC2)c1.Fc1cccc(OC2CCNCC2)c1.c1cnc(N2CCNCC2)cn1. The number of anilines is 4. The van der Waals surface area contributed by atoms with Gasteiger partial charge in [-0.1, -0.05) is 77.3 Å². The van der Waals surface area contributed by atoms with Crippen LogP contribution in [0.25, 0.3) is 0 Å². The van der Waals surface area contributed by atoms with Gasteiger partial charge in [0.15, 0.2) is 0 Å². The van der Waals surface area contributed by atoms with Crippen LogP contribution in [0.4, 0.5) is 45.0 Å². The number of aryl methyl sites for hydroxylation is 3. The van der Waals surface area contributed by atoms with Crippen molar-refractivity contribution in [2.45, 2.75) is 167 Å². The highest BCUT2D eigenvalue weighted by molar-refractivity contribution is 7.91. The topological polar surface area (TPSA) is 280 Å². The van der Waals surface area contributed by atoms with Crippen molar-refractivity contribution in [2.24, 2.45) is 0 Å². The summed E-state index contributed by atoms with van der Waals surface area (Å²) in [4.78, 5) is 49.1. The van der Waals surface area contributed by atoms with E-state index in [1.54, 1.807) is 49.6 Å². The number of sulfone groups is 1. The fraction of sp³-hybridized carbons (Fsp3) is 0.598. The number of nitrogens with one attached hydrogen (secondary N) is 11. The number of halogens is 7. The number of carbonyl (C=O) groups is 2. The van der Waals surface area contributed by atoms with Crippen molar-refractivity contribution in [3.8, 4) is 11.5 Å². The number of piperazine rings is 5. The van der Waals surface area contributed by atoms with Gasteiger partial charge in [0, 0.05) is 224 Å². The Hall–Kier alpha value is -8.23. The van der Waals surface area contributed by atoms with Crippen molar-refractivity contribution < 1.29 is 49.4 Å². The Morgan fingerprint density at radius 3 is 1.63 bits per heavy atom. The Kier molecular flexibility index (Phi) is 51.5. The molecule has 0 spiro atoms. The Labute approximate surface area is 822 Å². The molecule has 0 bridgehead atoms. The molecule has 7 aromatic rings. The third-order valence-corrected chi connectivity index (χ3v) is 27.5. The summed E-state index contributed by atoms with van der Waals surface area (Å²) in [6.45, 7) is 46.4. The lowest BCUT2D eigenvalue weighted by atomic mass is 10.0. The van der Waals surface area contributed by atoms with E-state index in [1.165, 1.54) is 124 Å². The van der Waals surface area contributed by atoms with Crippen molar-refractivity contribution in [3.05, 3.63) is 196 Å². The molecular formula is C102H156Cl2F5N21O6S. The minimum Gasteiger partial charge on any atom is -0.490 e. The van der Waals surface area contributed by atoms with Crippen molar-refractivity contribution >= 4 is 67.9 Å². The van der Waals surface area contributed by atoms with Gasteiger partial charge < -0.3 is 97.4 Å². The third kappa shape index (κ3) is 44.2. The second-order valence-electron chi connectivity index (χ2n) is 36.4. The molecule has 19 rings (SSSR count). The number of alkyl halides is 3. The van der Waals surface area contributed by atoms with Gasteiger partial charge in [0.05, 0.1) is 22.5 Å². The molecule has 2 amide bonds. The van der Waals surface area contributed by atoms with Gasteiger partial charge in [0.25, 0.3) is 0 Å². The van der Waals surface area contributed by atoms with Crippen LogP contribution in [0, 0.1) is 32.4 Å². The monoisotopic (exact) mass is 1970 g/mol. The summed E-state index contributed by atoms with van der Waals surface area (Å²) in [5, 5.41) is 36.8. The first-order chi connectivity index (χ1) is 66.2. The summed E-state index contributed by atoms with van der Waals surface area (Å²) in [5.74, 6) is 2.75. The first-order valence-electron chi connectivity index (χ1n) is 49.7. The summed E-state index contributed by atoms with van der Waals surface area (Å²) in [7, 11) is -2.77. The fourth-order valence-corrected chi connectivity index (χ4v) is 19.0. The first-order valence-corrected chi connectivity index (χ1v) is 52.5. The zero-order valence-electron chi connectivity index (χ0n) is 82.0. The van der Waals surface area contributed by atoms with Gasteiger partial charge in [0.2, 0.25) is 11.8 Å². The lowest BCUT2D eigenvalue weighted by molar-refractivity contribution is -0.141. The number of hydrogen-bond acceptors (Lipinski definition) is 25. The van der Waals surface area contributed by atoms with Crippen LogP contribution in [0.15, 0.2) is 146 Å². The number of ether oxygens (including phenoxy) is 2. The number of aromatic nitrogens is 3. The second-order valence-corrected chi connectivity index (χ2v) is 39.6. The van der Waals surface area contributed by atoms with Crippen molar-refractivity contribution in [2.75, 3.05) is 248 Å². The molecule has 4 atom stereocenters. The van der Waals surface area contributed by atoms with Gasteiger partial charge in [-0.05, 0) is 266 Å². The average molecular weight is 1970 g/mol. The summed E-state index contributed by atoms with van der Waals surface area (Å²) in [6.07, 6.45) is 17.7. The second kappa shape index (κ2) is 62.8. The van der Waals surface area contributed by atoms with E-state index in [1.807, 2.05) is 66.2 Å². The van der Waals surface area contributed by atoms with Gasteiger partial charge >= 0.3 is 6.18 Å². The Balaban J connectivity index is 0.000000170. The maximum atomic E-state index is 12.8. The summed E-state index contributed by atoms with van der Waals surface area (Å²) < 4.78 is 96.4. The number of benzene rings is 5. The van der Waals surface area contributed by atoms with Crippen LogP contribution >= 0.6 is 23.2 Å². The van der Waals surface area contributed by atoms with Gasteiger partial charge in [-0.3, -0.25) is 19.5 Å². The van der Waals surface area contributed by atoms with E-state index in [-0.39, 0.29) is 46.9 Å². The van der Waals surface area contributed by atoms with Crippen LogP contribution in [0.5, 0.6) is 11.5 Å². The van der Waals surface area contributed by atoms with Crippen LogP contribution < -0.4 is 87.6 Å².